The Morgan fingerprint density at radius 1 is 0.950 bits per heavy atom. The lowest BCUT2D eigenvalue weighted by atomic mass is 10.1. The van der Waals surface area contributed by atoms with Crippen LogP contribution in [-0.2, 0) is 12.8 Å². The minimum atomic E-state index is -0.310. The summed E-state index contributed by atoms with van der Waals surface area (Å²) in [5.74, 6) is 0.00879. The second-order valence-corrected chi connectivity index (χ2v) is 4.74. The minimum absolute atomic E-state index is 0.310. The van der Waals surface area contributed by atoms with E-state index in [1.165, 1.54) is 11.6 Å². The number of hydrogen-bond acceptors (Lipinski definition) is 2. The van der Waals surface area contributed by atoms with E-state index in [0.717, 1.165) is 18.4 Å². The highest BCUT2D eigenvalue weighted by Crippen LogP contribution is 2.19. The first-order chi connectivity index (χ1) is 9.79. The van der Waals surface area contributed by atoms with Gasteiger partial charge in [0, 0.05) is 0 Å². The van der Waals surface area contributed by atoms with E-state index in [-0.39, 0.29) is 5.82 Å². The average molecular weight is 273 g/mol. The molecule has 20 heavy (non-hydrogen) atoms. The van der Waals surface area contributed by atoms with Crippen molar-refractivity contribution in [1.29, 1.82) is 0 Å². The van der Waals surface area contributed by atoms with Crippen molar-refractivity contribution in [2.24, 2.45) is 5.73 Å². The Balaban J connectivity index is 1.79. The number of rotatable bonds is 7. The summed E-state index contributed by atoms with van der Waals surface area (Å²) >= 11 is 0. The number of aryl methyl sites for hydroxylation is 1. The van der Waals surface area contributed by atoms with Gasteiger partial charge in [0.05, 0.1) is 6.61 Å². The topological polar surface area (TPSA) is 35.2 Å². The van der Waals surface area contributed by atoms with E-state index in [9.17, 15) is 4.39 Å². The molecule has 0 fully saturated rings. The normalized spacial score (nSPS) is 10.5. The Morgan fingerprint density at radius 3 is 2.45 bits per heavy atom. The van der Waals surface area contributed by atoms with Gasteiger partial charge in [0.25, 0.3) is 0 Å². The van der Waals surface area contributed by atoms with Gasteiger partial charge in [-0.1, -0.05) is 36.4 Å². The van der Waals surface area contributed by atoms with Gasteiger partial charge in [-0.25, -0.2) is 4.39 Å². The van der Waals surface area contributed by atoms with Crippen LogP contribution in [0.25, 0.3) is 0 Å². The molecule has 106 valence electrons. The molecule has 0 heterocycles. The summed E-state index contributed by atoms with van der Waals surface area (Å²) in [5, 5.41) is 0. The molecule has 2 aromatic rings. The number of ether oxygens (including phenoxy) is 1. The maximum Gasteiger partial charge on any atom is 0.165 e. The van der Waals surface area contributed by atoms with E-state index >= 15 is 0 Å². The smallest absolute Gasteiger partial charge is 0.165 e. The molecule has 0 aliphatic rings. The molecule has 0 aliphatic heterocycles. The third-order valence-electron chi connectivity index (χ3n) is 3.14. The molecular weight excluding hydrogens is 253 g/mol. The van der Waals surface area contributed by atoms with Gasteiger partial charge in [0.1, 0.15) is 0 Å². The summed E-state index contributed by atoms with van der Waals surface area (Å²) in [6.07, 6.45) is 2.49. The maximum absolute atomic E-state index is 13.8. The summed E-state index contributed by atoms with van der Waals surface area (Å²) in [4.78, 5) is 0. The first-order valence-corrected chi connectivity index (χ1v) is 6.95. The summed E-state index contributed by atoms with van der Waals surface area (Å²) in [7, 11) is 0. The lowest BCUT2D eigenvalue weighted by Crippen LogP contribution is -2.04. The van der Waals surface area contributed by atoms with Crippen molar-refractivity contribution >= 4 is 0 Å². The van der Waals surface area contributed by atoms with E-state index < -0.39 is 0 Å². The van der Waals surface area contributed by atoms with Crippen LogP contribution >= 0.6 is 0 Å². The van der Waals surface area contributed by atoms with Gasteiger partial charge in [-0.2, -0.15) is 0 Å². The summed E-state index contributed by atoms with van der Waals surface area (Å²) in [6.45, 7) is 1.04. The number of halogens is 1. The Labute approximate surface area is 119 Å². The van der Waals surface area contributed by atoms with Crippen molar-refractivity contribution in [2.45, 2.75) is 19.3 Å². The van der Waals surface area contributed by atoms with Gasteiger partial charge in [-0.15, -0.1) is 0 Å². The molecule has 0 aromatic heterocycles. The second kappa shape index (κ2) is 7.65. The number of benzene rings is 2. The van der Waals surface area contributed by atoms with Gasteiger partial charge in [0.15, 0.2) is 11.6 Å². The molecule has 0 saturated carbocycles. The summed E-state index contributed by atoms with van der Waals surface area (Å²) < 4.78 is 19.2. The monoisotopic (exact) mass is 273 g/mol. The highest BCUT2D eigenvalue weighted by Gasteiger charge is 2.04. The Bertz CT molecular complexity index is 528. The van der Waals surface area contributed by atoms with Crippen molar-refractivity contribution in [1.82, 2.24) is 0 Å². The van der Waals surface area contributed by atoms with Crippen LogP contribution in [0.2, 0.25) is 0 Å². The first kappa shape index (κ1) is 14.5. The van der Waals surface area contributed by atoms with E-state index in [2.05, 4.69) is 12.1 Å². The lowest BCUT2D eigenvalue weighted by Gasteiger charge is -2.08. The fraction of sp³-hybridized carbons (Fsp3) is 0.294. The van der Waals surface area contributed by atoms with Crippen molar-refractivity contribution in [3.8, 4) is 5.75 Å². The van der Waals surface area contributed by atoms with Crippen molar-refractivity contribution < 1.29 is 9.13 Å². The SMILES string of the molecule is NCCc1ccc(OCCCc2ccccc2)c(F)c1. The Hall–Kier alpha value is -1.87. The lowest BCUT2D eigenvalue weighted by molar-refractivity contribution is 0.295. The van der Waals surface area contributed by atoms with Crippen molar-refractivity contribution in [3.63, 3.8) is 0 Å². The maximum atomic E-state index is 13.8. The average Bonchev–Trinajstić information content (AvgIpc) is 2.47. The fourth-order valence-electron chi connectivity index (χ4n) is 2.09. The van der Waals surface area contributed by atoms with Gasteiger partial charge in [-0.05, 0) is 49.1 Å². The molecule has 2 nitrogen and oxygen atoms in total. The van der Waals surface area contributed by atoms with E-state index in [4.69, 9.17) is 10.5 Å². The molecule has 0 saturated heterocycles. The van der Waals surface area contributed by atoms with Crippen molar-refractivity contribution in [3.05, 3.63) is 65.5 Å². The quantitative estimate of drug-likeness (QED) is 0.785. The third kappa shape index (κ3) is 4.35. The van der Waals surface area contributed by atoms with Gasteiger partial charge in [-0.3, -0.25) is 0 Å². The first-order valence-electron chi connectivity index (χ1n) is 6.95. The van der Waals surface area contributed by atoms with E-state index in [1.807, 2.05) is 24.3 Å². The van der Waals surface area contributed by atoms with E-state index in [0.29, 0.717) is 25.3 Å². The van der Waals surface area contributed by atoms with Crippen LogP contribution in [0.1, 0.15) is 17.5 Å². The molecule has 0 bridgehead atoms. The molecule has 0 atom stereocenters. The fourth-order valence-corrected chi connectivity index (χ4v) is 2.09. The molecule has 2 aromatic carbocycles. The molecule has 2 rings (SSSR count). The summed E-state index contributed by atoms with van der Waals surface area (Å²) in [6, 6.07) is 15.3. The number of nitrogens with two attached hydrogens (primary N) is 1. The van der Waals surface area contributed by atoms with Crippen LogP contribution in [-0.4, -0.2) is 13.2 Å². The van der Waals surface area contributed by atoms with Crippen LogP contribution < -0.4 is 10.5 Å². The standard InChI is InChI=1S/C17H20FNO/c18-16-13-15(10-11-19)8-9-17(16)20-12-4-7-14-5-2-1-3-6-14/h1-3,5-6,8-9,13H,4,7,10-12,19H2. The molecule has 0 radical (unpaired) electrons. The predicted molar refractivity (Wildman–Crippen MR) is 79.4 cm³/mol. The predicted octanol–water partition coefficient (Wildman–Crippen LogP) is 3.34. The molecule has 0 amide bonds. The van der Waals surface area contributed by atoms with E-state index in [1.54, 1.807) is 6.07 Å². The Morgan fingerprint density at radius 2 is 1.75 bits per heavy atom. The van der Waals surface area contributed by atoms with Gasteiger partial charge in [0.2, 0.25) is 0 Å². The minimum Gasteiger partial charge on any atom is -0.491 e. The largest absolute Gasteiger partial charge is 0.491 e. The highest BCUT2D eigenvalue weighted by atomic mass is 19.1. The van der Waals surface area contributed by atoms with Gasteiger partial charge >= 0.3 is 0 Å². The Kier molecular flexibility index (Phi) is 5.56. The zero-order chi connectivity index (χ0) is 14.2. The second-order valence-electron chi connectivity index (χ2n) is 4.74. The molecular formula is C17H20FNO. The van der Waals surface area contributed by atoms with Crippen LogP contribution in [0.4, 0.5) is 4.39 Å². The number of hydrogen-bond donors (Lipinski definition) is 1. The molecule has 0 unspecified atom stereocenters. The zero-order valence-corrected chi connectivity index (χ0v) is 11.5. The van der Waals surface area contributed by atoms with Crippen LogP contribution in [0, 0.1) is 5.82 Å². The highest BCUT2D eigenvalue weighted by molar-refractivity contribution is 5.29. The molecule has 2 N–H and O–H groups in total. The van der Waals surface area contributed by atoms with Gasteiger partial charge < -0.3 is 10.5 Å². The van der Waals surface area contributed by atoms with Crippen LogP contribution in [0.15, 0.2) is 48.5 Å². The summed E-state index contributed by atoms with van der Waals surface area (Å²) in [5.41, 5.74) is 7.63. The molecule has 3 heteroatoms. The molecule has 0 spiro atoms. The molecule has 0 aliphatic carbocycles. The zero-order valence-electron chi connectivity index (χ0n) is 11.5. The van der Waals surface area contributed by atoms with Crippen LogP contribution in [0.5, 0.6) is 5.75 Å². The third-order valence-corrected chi connectivity index (χ3v) is 3.14. The van der Waals surface area contributed by atoms with Crippen molar-refractivity contribution in [2.75, 3.05) is 13.2 Å². The van der Waals surface area contributed by atoms with Crippen LogP contribution in [0.3, 0.4) is 0 Å².